The molecule has 25 heavy (non-hydrogen) atoms. The Kier molecular flexibility index (Phi) is 4.67. The molecule has 0 aliphatic rings. The molecule has 0 aliphatic carbocycles. The topological polar surface area (TPSA) is 89.8 Å². The molecule has 0 aliphatic heterocycles. The molecule has 0 saturated carbocycles. The number of nitrogens with one attached hydrogen (secondary N) is 1. The molecule has 8 heteroatoms. The second kappa shape index (κ2) is 6.90. The van der Waals surface area contributed by atoms with E-state index in [9.17, 15) is 14.4 Å². The van der Waals surface area contributed by atoms with E-state index in [0.717, 1.165) is 10.1 Å². The van der Waals surface area contributed by atoms with Crippen molar-refractivity contribution >= 4 is 11.6 Å². The number of H-pyrrole nitrogens is 1. The minimum absolute atomic E-state index is 0.137. The van der Waals surface area contributed by atoms with E-state index in [4.69, 9.17) is 11.6 Å². The normalized spacial score (nSPS) is 10.8. The first-order chi connectivity index (χ1) is 12.0. The second-order valence-corrected chi connectivity index (χ2v) is 5.98. The predicted octanol–water partition coefficient (Wildman–Crippen LogP) is 1.15. The van der Waals surface area contributed by atoms with E-state index in [-0.39, 0.29) is 18.6 Å². The van der Waals surface area contributed by atoms with Crippen molar-refractivity contribution in [2.24, 2.45) is 0 Å². The third kappa shape index (κ3) is 3.61. The van der Waals surface area contributed by atoms with Crippen molar-refractivity contribution in [3.63, 3.8) is 0 Å². The van der Waals surface area contributed by atoms with Gasteiger partial charge in [-0.3, -0.25) is 9.36 Å². The highest BCUT2D eigenvalue weighted by atomic mass is 35.5. The van der Waals surface area contributed by atoms with Gasteiger partial charge < -0.3 is 4.98 Å². The number of aromatic nitrogens is 4. The summed E-state index contributed by atoms with van der Waals surface area (Å²) in [6, 6.07) is 10.2. The summed E-state index contributed by atoms with van der Waals surface area (Å²) in [6.07, 6.45) is 1.49. The fourth-order valence-electron chi connectivity index (χ4n) is 2.47. The Labute approximate surface area is 147 Å². The summed E-state index contributed by atoms with van der Waals surface area (Å²) in [5, 5.41) is 0.596. The van der Waals surface area contributed by atoms with E-state index in [1.807, 2.05) is 0 Å². The summed E-state index contributed by atoms with van der Waals surface area (Å²) in [6.45, 7) is 1.71. The minimum atomic E-state index is -0.682. The van der Waals surface area contributed by atoms with Gasteiger partial charge in [-0.25, -0.2) is 14.2 Å². The highest BCUT2D eigenvalue weighted by molar-refractivity contribution is 6.30. The van der Waals surface area contributed by atoms with Crippen LogP contribution in [0.2, 0.25) is 5.02 Å². The number of aromatic amines is 1. The average molecular weight is 359 g/mol. The van der Waals surface area contributed by atoms with Crippen LogP contribution >= 0.6 is 11.6 Å². The number of pyridine rings is 1. The predicted molar refractivity (Wildman–Crippen MR) is 94.2 cm³/mol. The first kappa shape index (κ1) is 16.9. The molecule has 0 atom stereocenters. The quantitative estimate of drug-likeness (QED) is 0.757. The first-order valence-electron chi connectivity index (χ1n) is 7.55. The highest BCUT2D eigenvalue weighted by Crippen LogP contribution is 2.10. The number of benzene rings is 1. The summed E-state index contributed by atoms with van der Waals surface area (Å²) >= 11 is 5.87. The molecule has 1 aromatic carbocycles. The molecule has 2 aromatic heterocycles. The van der Waals surface area contributed by atoms with Crippen LogP contribution in [-0.4, -0.2) is 19.1 Å². The lowest BCUT2D eigenvalue weighted by Gasteiger charge is -2.12. The van der Waals surface area contributed by atoms with Gasteiger partial charge in [0.05, 0.1) is 13.1 Å². The molecular formula is C17H15ClN4O3. The van der Waals surface area contributed by atoms with E-state index in [1.165, 1.54) is 10.8 Å². The molecule has 2 heterocycles. The molecule has 0 unspecified atom stereocenters. The monoisotopic (exact) mass is 358 g/mol. The zero-order chi connectivity index (χ0) is 18.0. The van der Waals surface area contributed by atoms with Crippen LogP contribution in [0.4, 0.5) is 0 Å². The number of hydrogen-bond donors (Lipinski definition) is 1. The number of nitrogens with zero attached hydrogens (tertiary/aromatic N) is 3. The molecule has 3 aromatic rings. The fourth-order valence-corrected chi connectivity index (χ4v) is 2.59. The molecule has 1 N–H and O–H groups in total. The van der Waals surface area contributed by atoms with Crippen LogP contribution in [0.5, 0.6) is 0 Å². The van der Waals surface area contributed by atoms with E-state index in [2.05, 4.69) is 9.97 Å². The molecule has 0 amide bonds. The van der Waals surface area contributed by atoms with Crippen LogP contribution in [0.25, 0.3) is 0 Å². The van der Waals surface area contributed by atoms with Crippen molar-refractivity contribution < 1.29 is 0 Å². The lowest BCUT2D eigenvalue weighted by Crippen LogP contribution is -2.43. The zero-order valence-electron chi connectivity index (χ0n) is 13.4. The molecule has 0 bridgehead atoms. The lowest BCUT2D eigenvalue weighted by atomic mass is 10.2. The van der Waals surface area contributed by atoms with Gasteiger partial charge in [0.2, 0.25) is 0 Å². The van der Waals surface area contributed by atoms with E-state index >= 15 is 0 Å². The van der Waals surface area contributed by atoms with Gasteiger partial charge in [0, 0.05) is 16.8 Å². The van der Waals surface area contributed by atoms with Crippen molar-refractivity contribution in [2.75, 3.05) is 0 Å². The van der Waals surface area contributed by atoms with Gasteiger partial charge in [0.25, 0.3) is 5.56 Å². The van der Waals surface area contributed by atoms with Crippen molar-refractivity contribution in [1.29, 1.82) is 0 Å². The average Bonchev–Trinajstić information content (AvgIpc) is 2.58. The lowest BCUT2D eigenvalue weighted by molar-refractivity contribution is 0.561. The highest BCUT2D eigenvalue weighted by Gasteiger charge is 2.12. The number of hydrogen-bond acceptors (Lipinski definition) is 4. The number of aryl methyl sites for hydroxylation is 1. The Morgan fingerprint density at radius 3 is 2.44 bits per heavy atom. The minimum Gasteiger partial charge on any atom is -0.329 e. The van der Waals surface area contributed by atoms with Gasteiger partial charge in [-0.15, -0.1) is 0 Å². The van der Waals surface area contributed by atoms with Gasteiger partial charge in [0.15, 0.2) is 0 Å². The summed E-state index contributed by atoms with van der Waals surface area (Å²) in [5.74, 6) is 0.308. The Morgan fingerprint density at radius 2 is 1.76 bits per heavy atom. The van der Waals surface area contributed by atoms with Crippen LogP contribution in [0, 0.1) is 6.92 Å². The zero-order valence-corrected chi connectivity index (χ0v) is 14.2. The van der Waals surface area contributed by atoms with Crippen molar-refractivity contribution in [2.45, 2.75) is 20.0 Å². The van der Waals surface area contributed by atoms with Gasteiger partial charge in [-0.2, -0.15) is 4.98 Å². The number of rotatable bonds is 4. The maximum atomic E-state index is 12.7. The van der Waals surface area contributed by atoms with E-state index < -0.39 is 11.4 Å². The third-order valence-corrected chi connectivity index (χ3v) is 4.07. The van der Waals surface area contributed by atoms with Crippen LogP contribution in [0.1, 0.15) is 17.0 Å². The summed E-state index contributed by atoms with van der Waals surface area (Å²) in [5.41, 5.74) is -0.392. The third-order valence-electron chi connectivity index (χ3n) is 3.82. The van der Waals surface area contributed by atoms with Crippen LogP contribution in [-0.2, 0) is 13.1 Å². The Bertz CT molecular complexity index is 1080. The second-order valence-electron chi connectivity index (χ2n) is 5.55. The molecule has 3 rings (SSSR count). The van der Waals surface area contributed by atoms with Gasteiger partial charge in [0.1, 0.15) is 5.82 Å². The smallest absolute Gasteiger partial charge is 0.329 e. The first-order valence-corrected chi connectivity index (χ1v) is 7.93. The Balaban J connectivity index is 2.04. The van der Waals surface area contributed by atoms with Crippen LogP contribution in [0.15, 0.2) is 57.0 Å². The molecule has 128 valence electrons. The summed E-state index contributed by atoms with van der Waals surface area (Å²) < 4.78 is 2.34. The molecular weight excluding hydrogens is 344 g/mol. The molecule has 0 fully saturated rings. The van der Waals surface area contributed by atoms with Crippen molar-refractivity contribution in [3.05, 3.63) is 95.9 Å². The standard InChI is InChI=1S/C17H15ClN4O3/c1-11-20-16(24)22(10-13-3-2-8-19-15(13)23)17(25)21(11)9-12-4-6-14(18)7-5-12/h2-8H,9-10H2,1H3,(H,19,23). The largest absolute Gasteiger partial charge is 0.353 e. The Morgan fingerprint density at radius 1 is 1.04 bits per heavy atom. The van der Waals surface area contributed by atoms with Gasteiger partial charge in [-0.1, -0.05) is 29.8 Å². The van der Waals surface area contributed by atoms with Crippen LogP contribution in [0.3, 0.4) is 0 Å². The van der Waals surface area contributed by atoms with Crippen LogP contribution < -0.4 is 16.9 Å². The van der Waals surface area contributed by atoms with Crippen molar-refractivity contribution in [1.82, 2.24) is 19.1 Å². The van der Waals surface area contributed by atoms with Gasteiger partial charge in [-0.05, 0) is 30.7 Å². The molecule has 0 spiro atoms. The maximum Gasteiger partial charge on any atom is 0.353 e. The fraction of sp³-hybridized carbons (Fsp3) is 0.176. The van der Waals surface area contributed by atoms with E-state index in [0.29, 0.717) is 16.4 Å². The molecule has 7 nitrogen and oxygen atoms in total. The molecule has 0 radical (unpaired) electrons. The van der Waals surface area contributed by atoms with E-state index in [1.54, 1.807) is 43.3 Å². The van der Waals surface area contributed by atoms with Crippen molar-refractivity contribution in [3.8, 4) is 0 Å². The Hall–Kier alpha value is -2.93. The van der Waals surface area contributed by atoms with Gasteiger partial charge >= 0.3 is 11.4 Å². The maximum absolute atomic E-state index is 12.7. The molecule has 0 saturated heterocycles. The summed E-state index contributed by atoms with van der Waals surface area (Å²) in [4.78, 5) is 43.1. The summed E-state index contributed by atoms with van der Waals surface area (Å²) in [7, 11) is 0. The number of halogens is 1. The SMILES string of the molecule is Cc1nc(=O)n(Cc2ccc[nH]c2=O)c(=O)n1Cc1ccc(Cl)cc1.